The van der Waals surface area contributed by atoms with Crippen molar-refractivity contribution in [2.75, 3.05) is 0 Å². The molecule has 0 unspecified atom stereocenters. The molecule has 0 saturated carbocycles. The Morgan fingerprint density at radius 3 is 2.65 bits per heavy atom. The van der Waals surface area contributed by atoms with Crippen LogP contribution in [0.3, 0.4) is 0 Å². The monoisotopic (exact) mass is 391 g/mol. The van der Waals surface area contributed by atoms with E-state index in [-0.39, 0.29) is 0 Å². The number of hydrogen-bond acceptors (Lipinski definition) is 2. The molecule has 3 aromatic rings. The van der Waals surface area contributed by atoms with Gasteiger partial charge in [-0.15, -0.1) is 0 Å². The first-order valence-corrected chi connectivity index (χ1v) is 8.05. The molecular weight excluding hydrogens is 382 g/mol. The number of fused-ring (bicyclic) bond motifs is 1. The number of halogens is 2. The highest BCUT2D eigenvalue weighted by Crippen LogP contribution is 2.29. The third kappa shape index (κ3) is 2.86. The number of pyridine rings is 1. The average molecular weight is 393 g/mol. The van der Waals surface area contributed by atoms with E-state index in [1.54, 1.807) is 6.20 Å². The molecule has 0 N–H and O–H groups in total. The number of ether oxygens (including phenoxy) is 1. The zero-order valence-corrected chi connectivity index (χ0v) is 13.7. The molecule has 0 spiro atoms. The Hall–Kier alpha value is -1.39. The molecule has 2 aromatic carbocycles. The Bertz CT molecular complexity index is 758. The summed E-state index contributed by atoms with van der Waals surface area (Å²) in [6, 6.07) is 15.9. The molecule has 0 aliphatic rings. The van der Waals surface area contributed by atoms with Crippen molar-refractivity contribution in [2.24, 2.45) is 0 Å². The van der Waals surface area contributed by atoms with Crippen LogP contribution in [0.2, 0.25) is 0 Å². The summed E-state index contributed by atoms with van der Waals surface area (Å²) in [6.07, 6.45) is 1.74. The van der Waals surface area contributed by atoms with Gasteiger partial charge in [-0.1, -0.05) is 56.1 Å². The number of alkyl halides is 1. The van der Waals surface area contributed by atoms with Crippen molar-refractivity contribution in [3.63, 3.8) is 0 Å². The Kier molecular flexibility index (Phi) is 4.03. The fourth-order valence-electron chi connectivity index (χ4n) is 1.94. The van der Waals surface area contributed by atoms with Crippen LogP contribution >= 0.6 is 31.9 Å². The summed E-state index contributed by atoms with van der Waals surface area (Å²) in [5.41, 5.74) is 2.16. The van der Waals surface area contributed by atoms with E-state index in [1.165, 1.54) is 5.56 Å². The lowest BCUT2D eigenvalue weighted by Crippen LogP contribution is -1.88. The second-order valence-electron chi connectivity index (χ2n) is 4.35. The van der Waals surface area contributed by atoms with Crippen molar-refractivity contribution in [1.82, 2.24) is 4.98 Å². The van der Waals surface area contributed by atoms with Gasteiger partial charge in [-0.3, -0.25) is 4.98 Å². The zero-order valence-electron chi connectivity index (χ0n) is 10.5. The van der Waals surface area contributed by atoms with Crippen LogP contribution in [0.4, 0.5) is 0 Å². The third-order valence-electron chi connectivity index (χ3n) is 2.97. The maximum atomic E-state index is 5.86. The number of benzene rings is 2. The van der Waals surface area contributed by atoms with Crippen LogP contribution in [0.15, 0.2) is 59.2 Å². The molecule has 0 radical (unpaired) electrons. The lowest BCUT2D eigenvalue weighted by Gasteiger charge is -2.08. The molecule has 3 rings (SSSR count). The Balaban J connectivity index is 1.90. The van der Waals surface area contributed by atoms with Gasteiger partial charge in [0.25, 0.3) is 0 Å². The van der Waals surface area contributed by atoms with E-state index in [2.05, 4.69) is 36.8 Å². The predicted molar refractivity (Wildman–Crippen MR) is 88.6 cm³/mol. The molecule has 4 heteroatoms. The summed E-state index contributed by atoms with van der Waals surface area (Å²) < 4.78 is 6.89. The van der Waals surface area contributed by atoms with Gasteiger partial charge in [-0.2, -0.15) is 0 Å². The number of rotatable bonds is 3. The summed E-state index contributed by atoms with van der Waals surface area (Å²) >= 11 is 6.98. The Labute approximate surface area is 134 Å². The number of hydrogen-bond donors (Lipinski definition) is 0. The van der Waals surface area contributed by atoms with Crippen LogP contribution < -0.4 is 4.74 Å². The van der Waals surface area contributed by atoms with Crippen molar-refractivity contribution >= 4 is 42.8 Å². The highest BCUT2D eigenvalue weighted by Gasteiger charge is 2.04. The fraction of sp³-hybridized carbons (Fsp3) is 0.0625. The lowest BCUT2D eigenvalue weighted by molar-refractivity contribution is 0.481. The first-order valence-electron chi connectivity index (χ1n) is 6.13. The molecule has 0 saturated heterocycles. The van der Waals surface area contributed by atoms with Crippen molar-refractivity contribution in [1.29, 1.82) is 0 Å². The number of para-hydroxylation sites is 1. The van der Waals surface area contributed by atoms with Gasteiger partial charge in [0.15, 0.2) is 0 Å². The summed E-state index contributed by atoms with van der Waals surface area (Å²) in [6.45, 7) is 0. The van der Waals surface area contributed by atoms with Gasteiger partial charge in [-0.05, 0) is 29.8 Å². The zero-order chi connectivity index (χ0) is 13.9. The topological polar surface area (TPSA) is 22.1 Å². The molecule has 2 nitrogen and oxygen atoms in total. The summed E-state index contributed by atoms with van der Waals surface area (Å²) in [4.78, 5) is 4.39. The fourth-order valence-corrected chi connectivity index (χ4v) is 3.31. The van der Waals surface area contributed by atoms with E-state index in [4.69, 9.17) is 4.74 Å². The molecular formula is C16H11Br2NO. The van der Waals surface area contributed by atoms with Crippen LogP contribution in [0.1, 0.15) is 5.56 Å². The molecule has 1 heterocycles. The van der Waals surface area contributed by atoms with E-state index in [0.717, 1.165) is 32.2 Å². The number of nitrogens with zero attached hydrogens (tertiary/aromatic N) is 1. The molecule has 20 heavy (non-hydrogen) atoms. The summed E-state index contributed by atoms with van der Waals surface area (Å²) in [7, 11) is 0. The minimum atomic E-state index is 0.738. The Morgan fingerprint density at radius 1 is 1.00 bits per heavy atom. The van der Waals surface area contributed by atoms with E-state index >= 15 is 0 Å². The van der Waals surface area contributed by atoms with Crippen LogP contribution in [0.25, 0.3) is 10.9 Å². The second kappa shape index (κ2) is 5.94. The molecule has 0 bridgehead atoms. The third-order valence-corrected chi connectivity index (χ3v) is 4.31. The minimum absolute atomic E-state index is 0.738. The first kappa shape index (κ1) is 13.6. The van der Waals surface area contributed by atoms with Crippen molar-refractivity contribution in [3.05, 3.63) is 64.8 Å². The molecule has 0 fully saturated rings. The minimum Gasteiger partial charge on any atom is -0.456 e. The summed E-state index contributed by atoms with van der Waals surface area (Å²) in [5.74, 6) is 1.53. The predicted octanol–water partition coefficient (Wildman–Crippen LogP) is 5.68. The maximum Gasteiger partial charge on any atom is 0.146 e. The molecule has 0 atom stereocenters. The van der Waals surface area contributed by atoms with Crippen LogP contribution in [-0.4, -0.2) is 4.98 Å². The van der Waals surface area contributed by atoms with Gasteiger partial charge in [0.2, 0.25) is 0 Å². The Morgan fingerprint density at radius 2 is 1.85 bits per heavy atom. The van der Waals surface area contributed by atoms with Crippen LogP contribution in [0, 0.1) is 0 Å². The van der Waals surface area contributed by atoms with Crippen molar-refractivity contribution in [2.45, 2.75) is 5.33 Å². The van der Waals surface area contributed by atoms with Gasteiger partial charge in [0, 0.05) is 15.2 Å². The van der Waals surface area contributed by atoms with E-state index < -0.39 is 0 Å². The maximum absolute atomic E-state index is 5.86. The van der Waals surface area contributed by atoms with E-state index in [9.17, 15) is 0 Å². The average Bonchev–Trinajstić information content (AvgIpc) is 2.47. The molecule has 1 aromatic heterocycles. The molecule has 100 valence electrons. The van der Waals surface area contributed by atoms with Gasteiger partial charge >= 0.3 is 0 Å². The van der Waals surface area contributed by atoms with Gasteiger partial charge in [-0.25, -0.2) is 0 Å². The lowest BCUT2D eigenvalue weighted by atomic mass is 10.2. The van der Waals surface area contributed by atoms with E-state index in [1.807, 2.05) is 48.5 Å². The highest BCUT2D eigenvalue weighted by molar-refractivity contribution is 9.10. The first-order chi connectivity index (χ1) is 9.76. The van der Waals surface area contributed by atoms with Gasteiger partial charge < -0.3 is 4.74 Å². The van der Waals surface area contributed by atoms with Crippen molar-refractivity contribution < 1.29 is 4.74 Å². The molecule has 0 aliphatic carbocycles. The SMILES string of the molecule is BrCc1ccc(Oc2cnc3ccccc3c2)cc1Br. The smallest absolute Gasteiger partial charge is 0.146 e. The van der Waals surface area contributed by atoms with Crippen molar-refractivity contribution in [3.8, 4) is 11.5 Å². The largest absolute Gasteiger partial charge is 0.456 e. The highest BCUT2D eigenvalue weighted by atomic mass is 79.9. The molecule has 0 aliphatic heterocycles. The quantitative estimate of drug-likeness (QED) is 0.534. The normalized spacial score (nSPS) is 10.7. The van der Waals surface area contributed by atoms with Gasteiger partial charge in [0.1, 0.15) is 11.5 Å². The van der Waals surface area contributed by atoms with Gasteiger partial charge in [0.05, 0.1) is 11.7 Å². The van der Waals surface area contributed by atoms with Crippen LogP contribution in [-0.2, 0) is 5.33 Å². The van der Waals surface area contributed by atoms with E-state index in [0.29, 0.717) is 0 Å². The standard InChI is InChI=1S/C16H11Br2NO/c17-9-12-5-6-13(8-15(12)18)20-14-7-11-3-1-2-4-16(11)19-10-14/h1-8,10H,9H2. The number of aromatic nitrogens is 1. The second-order valence-corrected chi connectivity index (χ2v) is 5.77. The molecule has 0 amide bonds. The van der Waals surface area contributed by atoms with Crippen LogP contribution in [0.5, 0.6) is 11.5 Å². The summed E-state index contributed by atoms with van der Waals surface area (Å²) in [5, 5.41) is 1.88.